The van der Waals surface area contributed by atoms with Crippen LogP contribution in [-0.2, 0) is 11.3 Å². The Balaban J connectivity index is 3.09. The Labute approximate surface area is 121 Å². The Hall–Kier alpha value is -2.48. The van der Waals surface area contributed by atoms with E-state index in [1.807, 2.05) is 0 Å². The molecule has 0 saturated heterocycles. The highest BCUT2D eigenvalue weighted by molar-refractivity contribution is 5.94. The maximum absolute atomic E-state index is 11.3. The minimum absolute atomic E-state index is 0.00486. The summed E-state index contributed by atoms with van der Waals surface area (Å²) < 4.78 is 0. The van der Waals surface area contributed by atoms with Crippen molar-refractivity contribution in [3.63, 3.8) is 0 Å². The van der Waals surface area contributed by atoms with Crippen LogP contribution < -0.4 is 11.1 Å². The molecule has 4 N–H and O–H groups in total. The molecule has 21 heavy (non-hydrogen) atoms. The first-order valence-corrected chi connectivity index (χ1v) is 6.28. The molecule has 1 unspecified atom stereocenters. The van der Waals surface area contributed by atoms with Gasteiger partial charge in [0.25, 0.3) is 5.69 Å². The fraction of sp³-hybridized carbons (Fsp3) is 0.385. The third-order valence-corrected chi connectivity index (χ3v) is 3.02. The Morgan fingerprint density at radius 2 is 2.05 bits per heavy atom. The number of carbonyl (C=O) groups is 2. The lowest BCUT2D eigenvalue weighted by molar-refractivity contribution is -0.385. The number of hydrogen-bond acceptors (Lipinski definition) is 5. The third kappa shape index (κ3) is 3.99. The van der Waals surface area contributed by atoms with E-state index in [1.54, 1.807) is 13.8 Å². The summed E-state index contributed by atoms with van der Waals surface area (Å²) in [6.45, 7) is 3.57. The van der Waals surface area contributed by atoms with Crippen molar-refractivity contribution in [2.75, 3.05) is 0 Å². The second kappa shape index (κ2) is 6.80. The van der Waals surface area contributed by atoms with Crippen molar-refractivity contribution in [1.29, 1.82) is 0 Å². The van der Waals surface area contributed by atoms with Crippen LogP contribution in [0.25, 0.3) is 0 Å². The first-order valence-electron chi connectivity index (χ1n) is 6.28. The number of carboxylic acids is 1. The summed E-state index contributed by atoms with van der Waals surface area (Å²) in [5, 5.41) is 22.9. The highest BCUT2D eigenvalue weighted by Gasteiger charge is 2.25. The van der Waals surface area contributed by atoms with Gasteiger partial charge in [-0.05, 0) is 11.5 Å². The molecule has 0 radical (unpaired) electrons. The Morgan fingerprint density at radius 3 is 2.48 bits per heavy atom. The van der Waals surface area contributed by atoms with Crippen LogP contribution in [0.15, 0.2) is 18.2 Å². The molecule has 1 aromatic carbocycles. The van der Waals surface area contributed by atoms with Gasteiger partial charge < -0.3 is 16.2 Å². The van der Waals surface area contributed by atoms with Gasteiger partial charge in [0.1, 0.15) is 5.56 Å². The van der Waals surface area contributed by atoms with Crippen molar-refractivity contribution in [2.24, 2.45) is 11.7 Å². The molecule has 0 spiro atoms. The molecule has 0 bridgehead atoms. The third-order valence-electron chi connectivity index (χ3n) is 3.02. The second-order valence-electron chi connectivity index (χ2n) is 4.88. The van der Waals surface area contributed by atoms with Gasteiger partial charge in [0, 0.05) is 12.6 Å². The van der Waals surface area contributed by atoms with Gasteiger partial charge in [0.15, 0.2) is 0 Å². The number of aromatic carboxylic acids is 1. The number of nitrogens with two attached hydrogens (primary N) is 1. The minimum atomic E-state index is -1.39. The van der Waals surface area contributed by atoms with Crippen LogP contribution in [0, 0.1) is 16.0 Å². The second-order valence-corrected chi connectivity index (χ2v) is 4.88. The van der Waals surface area contributed by atoms with Crippen molar-refractivity contribution in [1.82, 2.24) is 5.32 Å². The Bertz CT molecular complexity index is 571. The van der Waals surface area contributed by atoms with Gasteiger partial charge in [-0.2, -0.15) is 0 Å². The van der Waals surface area contributed by atoms with E-state index in [0.29, 0.717) is 0 Å². The standard InChI is InChI=1S/C13H17N3O5/c1-7(2)11(12(14)17)15-6-8-4-3-5-9(16(20)21)10(8)13(18)19/h3-5,7,11,15H,6H2,1-2H3,(H2,14,17)(H,18,19). The molecule has 1 aromatic rings. The number of benzene rings is 1. The smallest absolute Gasteiger partial charge is 0.343 e. The van der Waals surface area contributed by atoms with Crippen molar-refractivity contribution >= 4 is 17.6 Å². The number of amides is 1. The van der Waals surface area contributed by atoms with E-state index in [0.717, 1.165) is 6.07 Å². The molecular weight excluding hydrogens is 278 g/mol. The summed E-state index contributed by atoms with van der Waals surface area (Å²) in [6, 6.07) is 3.34. The molecule has 0 aliphatic carbocycles. The lowest BCUT2D eigenvalue weighted by atomic mass is 10.0. The van der Waals surface area contributed by atoms with Crippen LogP contribution >= 0.6 is 0 Å². The van der Waals surface area contributed by atoms with Crippen molar-refractivity contribution in [2.45, 2.75) is 26.4 Å². The van der Waals surface area contributed by atoms with Gasteiger partial charge >= 0.3 is 5.97 Å². The van der Waals surface area contributed by atoms with E-state index in [2.05, 4.69) is 5.32 Å². The molecule has 0 heterocycles. The highest BCUT2D eigenvalue weighted by atomic mass is 16.6. The van der Waals surface area contributed by atoms with E-state index in [-0.39, 0.29) is 23.6 Å². The number of nitrogens with one attached hydrogen (secondary N) is 1. The largest absolute Gasteiger partial charge is 0.477 e. The number of hydrogen-bond donors (Lipinski definition) is 3. The molecule has 8 heteroatoms. The minimum Gasteiger partial charge on any atom is -0.477 e. The fourth-order valence-electron chi connectivity index (χ4n) is 2.02. The first kappa shape index (κ1) is 16.6. The molecule has 1 amide bonds. The predicted molar refractivity (Wildman–Crippen MR) is 74.7 cm³/mol. The molecule has 1 rings (SSSR count). The number of nitrogens with zero attached hydrogens (tertiary/aromatic N) is 1. The van der Waals surface area contributed by atoms with Crippen LogP contribution in [0.5, 0.6) is 0 Å². The van der Waals surface area contributed by atoms with Crippen LogP contribution in [0.1, 0.15) is 29.8 Å². The van der Waals surface area contributed by atoms with Gasteiger partial charge in [-0.15, -0.1) is 0 Å². The number of carbonyl (C=O) groups excluding carboxylic acids is 1. The van der Waals surface area contributed by atoms with Crippen LogP contribution in [-0.4, -0.2) is 27.9 Å². The average molecular weight is 295 g/mol. The van der Waals surface area contributed by atoms with E-state index in [9.17, 15) is 19.7 Å². The lowest BCUT2D eigenvalue weighted by Gasteiger charge is -2.19. The number of rotatable bonds is 7. The van der Waals surface area contributed by atoms with E-state index in [1.165, 1.54) is 12.1 Å². The van der Waals surface area contributed by atoms with Crippen molar-refractivity contribution in [3.05, 3.63) is 39.4 Å². The van der Waals surface area contributed by atoms with Gasteiger partial charge in [-0.3, -0.25) is 14.9 Å². The summed E-state index contributed by atoms with van der Waals surface area (Å²) >= 11 is 0. The molecule has 8 nitrogen and oxygen atoms in total. The van der Waals surface area contributed by atoms with E-state index >= 15 is 0 Å². The predicted octanol–water partition coefficient (Wildman–Crippen LogP) is 0.892. The summed E-state index contributed by atoms with van der Waals surface area (Å²) in [7, 11) is 0. The maximum atomic E-state index is 11.3. The number of nitro benzene ring substituents is 1. The van der Waals surface area contributed by atoms with Gasteiger partial charge in [0.05, 0.1) is 11.0 Å². The van der Waals surface area contributed by atoms with Gasteiger partial charge in [-0.1, -0.05) is 26.0 Å². The number of nitro groups is 1. The monoisotopic (exact) mass is 295 g/mol. The van der Waals surface area contributed by atoms with Gasteiger partial charge in [-0.25, -0.2) is 4.79 Å². The van der Waals surface area contributed by atoms with E-state index < -0.39 is 28.5 Å². The maximum Gasteiger partial charge on any atom is 0.343 e. The average Bonchev–Trinajstić information content (AvgIpc) is 2.37. The zero-order valence-electron chi connectivity index (χ0n) is 11.7. The SMILES string of the molecule is CC(C)C(NCc1cccc([N+](=O)[O-])c1C(=O)O)C(N)=O. The lowest BCUT2D eigenvalue weighted by Crippen LogP contribution is -2.44. The zero-order valence-corrected chi connectivity index (χ0v) is 11.7. The topological polar surface area (TPSA) is 136 Å². The highest BCUT2D eigenvalue weighted by Crippen LogP contribution is 2.22. The number of carboxylic acid groups (broad SMARTS) is 1. The molecule has 1 atom stereocenters. The number of primary amides is 1. The van der Waals surface area contributed by atoms with E-state index in [4.69, 9.17) is 10.8 Å². The Morgan fingerprint density at radius 1 is 1.43 bits per heavy atom. The van der Waals surface area contributed by atoms with Gasteiger partial charge in [0.2, 0.25) is 5.91 Å². The van der Waals surface area contributed by atoms with Crippen molar-refractivity contribution in [3.8, 4) is 0 Å². The first-order chi connectivity index (χ1) is 9.75. The zero-order chi connectivity index (χ0) is 16.2. The molecule has 0 aliphatic heterocycles. The molecule has 0 fully saturated rings. The fourth-order valence-corrected chi connectivity index (χ4v) is 2.02. The van der Waals surface area contributed by atoms with Crippen LogP contribution in [0.4, 0.5) is 5.69 Å². The molecule has 0 aliphatic rings. The summed E-state index contributed by atoms with van der Waals surface area (Å²) in [4.78, 5) is 32.7. The molecule has 0 saturated carbocycles. The molecule has 114 valence electrons. The Kier molecular flexibility index (Phi) is 5.37. The van der Waals surface area contributed by atoms with Crippen LogP contribution in [0.3, 0.4) is 0 Å². The summed E-state index contributed by atoms with van der Waals surface area (Å²) in [5.74, 6) is -2.04. The quantitative estimate of drug-likeness (QED) is 0.505. The summed E-state index contributed by atoms with van der Waals surface area (Å²) in [5.41, 5.74) is 4.61. The molecule has 0 aromatic heterocycles. The van der Waals surface area contributed by atoms with Crippen molar-refractivity contribution < 1.29 is 19.6 Å². The normalized spacial score (nSPS) is 12.1. The van der Waals surface area contributed by atoms with Crippen LogP contribution in [0.2, 0.25) is 0 Å². The molecular formula is C13H17N3O5. The summed E-state index contributed by atoms with van der Waals surface area (Å²) in [6.07, 6.45) is 0.